The molecule has 8 heteroatoms. The van der Waals surface area contributed by atoms with Crippen molar-refractivity contribution < 1.29 is 22.8 Å². The van der Waals surface area contributed by atoms with Gasteiger partial charge in [-0.25, -0.2) is 8.42 Å². The summed E-state index contributed by atoms with van der Waals surface area (Å²) in [6, 6.07) is 7.88. The van der Waals surface area contributed by atoms with Crippen LogP contribution in [0.25, 0.3) is 0 Å². The van der Waals surface area contributed by atoms with Gasteiger partial charge in [0.05, 0.1) is 44.8 Å². The zero-order chi connectivity index (χ0) is 18.7. The first kappa shape index (κ1) is 19.0. The zero-order valence-electron chi connectivity index (χ0n) is 15.5. The minimum Gasteiger partial charge on any atom is -0.497 e. The minimum absolute atomic E-state index is 0.0417. The highest BCUT2D eigenvalue weighted by Crippen LogP contribution is 2.19. The lowest BCUT2D eigenvalue weighted by molar-refractivity contribution is -0.892. The van der Waals surface area contributed by atoms with E-state index in [1.165, 1.54) is 10.6 Å². The SMILES string of the molecule is COc1ccc(N2CC[NH+](CC(=O)N(C)[C@@H]3CCS(=O)(=O)C3)CC2)cc1. The minimum atomic E-state index is -2.97. The number of methoxy groups -OCH3 is 1. The van der Waals surface area contributed by atoms with Crippen LogP contribution in [0.4, 0.5) is 5.69 Å². The van der Waals surface area contributed by atoms with Crippen LogP contribution < -0.4 is 14.5 Å². The van der Waals surface area contributed by atoms with Crippen LogP contribution in [0.2, 0.25) is 0 Å². The lowest BCUT2D eigenvalue weighted by Crippen LogP contribution is -3.16. The first-order valence-corrected chi connectivity index (χ1v) is 10.9. The number of anilines is 1. The molecule has 2 saturated heterocycles. The summed E-state index contributed by atoms with van der Waals surface area (Å²) in [5, 5.41) is 0. The first-order chi connectivity index (χ1) is 12.4. The van der Waals surface area contributed by atoms with Crippen molar-refractivity contribution in [3.8, 4) is 5.75 Å². The average Bonchev–Trinajstić information content (AvgIpc) is 3.01. The number of quaternary nitrogens is 1. The molecule has 0 aromatic heterocycles. The summed E-state index contributed by atoms with van der Waals surface area (Å²) in [7, 11) is 0.429. The molecule has 3 rings (SSSR count). The van der Waals surface area contributed by atoms with Crippen LogP contribution in [-0.4, -0.2) is 83.7 Å². The van der Waals surface area contributed by atoms with Gasteiger partial charge in [-0.3, -0.25) is 4.79 Å². The standard InChI is InChI=1S/C18H27N3O4S/c1-19(16-7-12-26(23,24)14-16)18(22)13-20-8-10-21(11-9-20)15-3-5-17(25-2)6-4-15/h3-6,16H,7-14H2,1-2H3/p+1/t16-/m1/s1. The van der Waals surface area contributed by atoms with Crippen molar-refractivity contribution in [2.45, 2.75) is 12.5 Å². The molecule has 2 heterocycles. The molecule has 2 fully saturated rings. The fourth-order valence-electron chi connectivity index (χ4n) is 3.67. The predicted octanol–water partition coefficient (Wildman–Crippen LogP) is -0.954. The van der Waals surface area contributed by atoms with Crippen LogP contribution >= 0.6 is 0 Å². The van der Waals surface area contributed by atoms with Gasteiger partial charge in [-0.05, 0) is 30.7 Å². The average molecular weight is 383 g/mol. The van der Waals surface area contributed by atoms with Crippen molar-refractivity contribution in [2.75, 3.05) is 63.3 Å². The quantitative estimate of drug-likeness (QED) is 0.711. The van der Waals surface area contributed by atoms with Gasteiger partial charge in [0.25, 0.3) is 5.91 Å². The molecule has 2 aliphatic heterocycles. The second-order valence-corrected chi connectivity index (χ2v) is 9.40. The molecule has 144 valence electrons. The molecule has 2 aliphatic rings. The van der Waals surface area contributed by atoms with Gasteiger partial charge in [0.15, 0.2) is 16.4 Å². The molecule has 26 heavy (non-hydrogen) atoms. The molecule has 0 bridgehead atoms. The number of hydrogen-bond acceptors (Lipinski definition) is 5. The van der Waals surface area contributed by atoms with E-state index in [0.29, 0.717) is 13.0 Å². The van der Waals surface area contributed by atoms with E-state index in [1.807, 2.05) is 12.1 Å². The van der Waals surface area contributed by atoms with Crippen LogP contribution in [-0.2, 0) is 14.6 Å². The van der Waals surface area contributed by atoms with E-state index in [9.17, 15) is 13.2 Å². The van der Waals surface area contributed by atoms with E-state index in [0.717, 1.165) is 31.9 Å². The van der Waals surface area contributed by atoms with E-state index in [2.05, 4.69) is 17.0 Å². The maximum atomic E-state index is 12.5. The molecule has 0 aliphatic carbocycles. The molecular formula is C18H28N3O4S+. The largest absolute Gasteiger partial charge is 0.497 e. The second-order valence-electron chi connectivity index (χ2n) is 7.17. The molecule has 1 N–H and O–H groups in total. The summed E-state index contributed by atoms with van der Waals surface area (Å²) >= 11 is 0. The molecule has 0 saturated carbocycles. The highest BCUT2D eigenvalue weighted by atomic mass is 32.2. The van der Waals surface area contributed by atoms with E-state index >= 15 is 0 Å². The van der Waals surface area contributed by atoms with Gasteiger partial charge in [0.2, 0.25) is 0 Å². The Morgan fingerprint density at radius 3 is 2.46 bits per heavy atom. The lowest BCUT2D eigenvalue weighted by Gasteiger charge is -2.34. The Kier molecular flexibility index (Phi) is 5.72. The normalized spacial score (nSPS) is 23.0. The fraction of sp³-hybridized carbons (Fsp3) is 0.611. The van der Waals surface area contributed by atoms with E-state index in [-0.39, 0.29) is 23.5 Å². The fourth-order valence-corrected chi connectivity index (χ4v) is 5.45. The topological polar surface area (TPSA) is 71.4 Å². The van der Waals surface area contributed by atoms with Crippen LogP contribution in [0.15, 0.2) is 24.3 Å². The van der Waals surface area contributed by atoms with Gasteiger partial charge < -0.3 is 19.4 Å². The summed E-state index contributed by atoms with van der Waals surface area (Å²) in [5.41, 5.74) is 1.17. The smallest absolute Gasteiger partial charge is 0.277 e. The summed E-state index contributed by atoms with van der Waals surface area (Å²) in [6.45, 7) is 4.03. The number of carbonyl (C=O) groups is 1. The number of ether oxygens (including phenoxy) is 1. The van der Waals surface area contributed by atoms with Crippen LogP contribution in [0.3, 0.4) is 0 Å². The van der Waals surface area contributed by atoms with Gasteiger partial charge in [-0.1, -0.05) is 0 Å². The number of nitrogens with zero attached hydrogens (tertiary/aromatic N) is 2. The van der Waals surface area contributed by atoms with Crippen molar-refractivity contribution >= 4 is 21.4 Å². The third-order valence-corrected chi connectivity index (χ3v) is 7.21. The highest BCUT2D eigenvalue weighted by Gasteiger charge is 2.34. The Bertz CT molecular complexity index is 727. The van der Waals surface area contributed by atoms with Crippen molar-refractivity contribution in [1.82, 2.24) is 4.90 Å². The van der Waals surface area contributed by atoms with Crippen molar-refractivity contribution in [2.24, 2.45) is 0 Å². The number of nitrogens with one attached hydrogen (secondary N) is 1. The Labute approximate surface area is 155 Å². The summed E-state index contributed by atoms with van der Waals surface area (Å²) in [4.78, 5) is 17.7. The van der Waals surface area contributed by atoms with Gasteiger partial charge in [-0.15, -0.1) is 0 Å². The van der Waals surface area contributed by atoms with Crippen LogP contribution in [0.5, 0.6) is 5.75 Å². The van der Waals surface area contributed by atoms with E-state index < -0.39 is 9.84 Å². The molecule has 0 unspecified atom stereocenters. The number of likely N-dealkylation sites (N-methyl/N-ethyl adjacent to an activating group) is 1. The maximum Gasteiger partial charge on any atom is 0.277 e. The molecule has 1 amide bonds. The Morgan fingerprint density at radius 2 is 1.92 bits per heavy atom. The number of piperazine rings is 1. The molecule has 0 radical (unpaired) electrons. The van der Waals surface area contributed by atoms with Gasteiger partial charge in [0.1, 0.15) is 5.75 Å². The number of sulfone groups is 1. The molecule has 7 nitrogen and oxygen atoms in total. The first-order valence-electron chi connectivity index (χ1n) is 9.06. The van der Waals surface area contributed by atoms with Gasteiger partial charge in [-0.2, -0.15) is 0 Å². The number of carbonyl (C=O) groups excluding carboxylic acids is 1. The highest BCUT2D eigenvalue weighted by molar-refractivity contribution is 7.91. The lowest BCUT2D eigenvalue weighted by atomic mass is 10.2. The van der Waals surface area contributed by atoms with Crippen molar-refractivity contribution in [1.29, 1.82) is 0 Å². The summed E-state index contributed by atoms with van der Waals surface area (Å²) < 4.78 is 28.4. The predicted molar refractivity (Wildman–Crippen MR) is 101 cm³/mol. The van der Waals surface area contributed by atoms with Gasteiger partial charge >= 0.3 is 0 Å². The molecule has 0 spiro atoms. The number of hydrogen-bond donors (Lipinski definition) is 1. The van der Waals surface area contributed by atoms with E-state index in [4.69, 9.17) is 4.74 Å². The summed E-state index contributed by atoms with van der Waals surface area (Å²) in [5.74, 6) is 1.19. The molecule has 1 aromatic rings. The van der Waals surface area contributed by atoms with Crippen LogP contribution in [0.1, 0.15) is 6.42 Å². The van der Waals surface area contributed by atoms with Crippen LogP contribution in [0, 0.1) is 0 Å². The number of rotatable bonds is 5. The zero-order valence-corrected chi connectivity index (χ0v) is 16.3. The summed E-state index contributed by atoms with van der Waals surface area (Å²) in [6.07, 6.45) is 0.561. The monoisotopic (exact) mass is 382 g/mol. The number of benzene rings is 1. The Hall–Kier alpha value is -1.80. The third kappa shape index (κ3) is 4.48. The Morgan fingerprint density at radius 1 is 1.27 bits per heavy atom. The second kappa shape index (κ2) is 7.84. The molecule has 1 atom stereocenters. The molecular weight excluding hydrogens is 354 g/mol. The van der Waals surface area contributed by atoms with Crippen molar-refractivity contribution in [3.05, 3.63) is 24.3 Å². The van der Waals surface area contributed by atoms with E-state index in [1.54, 1.807) is 19.1 Å². The van der Waals surface area contributed by atoms with Crippen molar-refractivity contribution in [3.63, 3.8) is 0 Å². The van der Waals surface area contributed by atoms with Gasteiger partial charge in [0, 0.05) is 18.8 Å². The third-order valence-electron chi connectivity index (χ3n) is 5.46. The molecule has 1 aromatic carbocycles. The maximum absolute atomic E-state index is 12.5. The Balaban J connectivity index is 1.48. The number of amides is 1.